The highest BCUT2D eigenvalue weighted by molar-refractivity contribution is 7.99. The molecule has 4 nitrogen and oxygen atoms in total. The summed E-state index contributed by atoms with van der Waals surface area (Å²) in [6.45, 7) is 0.201. The Kier molecular flexibility index (Phi) is 6.32. The van der Waals surface area contributed by atoms with Crippen LogP contribution in [0.5, 0.6) is 5.75 Å². The summed E-state index contributed by atoms with van der Waals surface area (Å²) in [5, 5.41) is 2.93. The molecule has 1 aromatic rings. The molecular formula is C15H20N2O2S2. The Hall–Kier alpha value is -1.27. The van der Waals surface area contributed by atoms with Crippen molar-refractivity contribution >= 4 is 40.6 Å². The average Bonchev–Trinajstić information content (AvgIpc) is 2.46. The molecule has 0 atom stereocenters. The van der Waals surface area contributed by atoms with E-state index in [-0.39, 0.29) is 12.5 Å². The molecule has 0 bridgehead atoms. The molecule has 1 fully saturated rings. The van der Waals surface area contributed by atoms with E-state index in [1.165, 1.54) is 11.5 Å². The minimum atomic E-state index is 0.0680. The van der Waals surface area contributed by atoms with Crippen LogP contribution in [0.25, 0.3) is 0 Å². The summed E-state index contributed by atoms with van der Waals surface area (Å²) >= 11 is 6.74. The molecule has 114 valence electrons. The number of hydrogen-bond acceptors (Lipinski definition) is 4. The van der Waals surface area contributed by atoms with Crippen molar-refractivity contribution in [1.29, 1.82) is 0 Å². The van der Waals surface area contributed by atoms with Gasteiger partial charge < -0.3 is 15.8 Å². The first-order chi connectivity index (χ1) is 10.1. The van der Waals surface area contributed by atoms with Crippen LogP contribution in [0.2, 0.25) is 0 Å². The molecule has 6 heteroatoms. The second-order valence-electron chi connectivity index (χ2n) is 5.09. The van der Waals surface area contributed by atoms with Crippen LogP contribution < -0.4 is 15.8 Å². The Morgan fingerprint density at radius 1 is 1.43 bits per heavy atom. The molecule has 0 radical (unpaired) electrons. The number of ether oxygens (including phenoxy) is 1. The Morgan fingerprint density at radius 3 is 2.90 bits per heavy atom. The number of benzene rings is 1. The topological polar surface area (TPSA) is 64.3 Å². The first-order valence-corrected chi connectivity index (χ1v) is 8.58. The van der Waals surface area contributed by atoms with E-state index in [1.807, 2.05) is 30.0 Å². The Morgan fingerprint density at radius 2 is 2.19 bits per heavy atom. The van der Waals surface area contributed by atoms with Crippen LogP contribution in [0.3, 0.4) is 0 Å². The number of hydrogen-bond donors (Lipinski definition) is 2. The summed E-state index contributed by atoms with van der Waals surface area (Å²) in [7, 11) is 0. The summed E-state index contributed by atoms with van der Waals surface area (Å²) in [5.41, 5.74) is 6.14. The van der Waals surface area contributed by atoms with E-state index in [0.29, 0.717) is 23.1 Å². The molecule has 0 spiro atoms. The van der Waals surface area contributed by atoms with Gasteiger partial charge in [0.2, 0.25) is 5.91 Å². The molecule has 21 heavy (non-hydrogen) atoms. The molecule has 1 aliphatic rings. The highest BCUT2D eigenvalue weighted by Crippen LogP contribution is 2.26. The molecule has 3 N–H and O–H groups in total. The smallest absolute Gasteiger partial charge is 0.224 e. The Balaban J connectivity index is 1.85. The van der Waals surface area contributed by atoms with E-state index in [9.17, 15) is 4.79 Å². The summed E-state index contributed by atoms with van der Waals surface area (Å²) in [5.74, 6) is 3.56. The number of carbonyl (C=O) groups excluding carboxylic acids is 1. The monoisotopic (exact) mass is 324 g/mol. The fourth-order valence-electron chi connectivity index (χ4n) is 2.24. The molecule has 2 rings (SSSR count). The molecule has 0 unspecified atom stereocenters. The molecule has 1 amide bonds. The van der Waals surface area contributed by atoms with Crippen molar-refractivity contribution in [2.24, 2.45) is 11.7 Å². The van der Waals surface area contributed by atoms with Crippen molar-refractivity contribution in [3.05, 3.63) is 24.3 Å². The van der Waals surface area contributed by atoms with Gasteiger partial charge in [-0.15, -0.1) is 0 Å². The fourth-order valence-corrected chi connectivity index (χ4v) is 3.51. The molecule has 0 aromatic heterocycles. The van der Waals surface area contributed by atoms with E-state index in [1.54, 1.807) is 6.07 Å². The minimum absolute atomic E-state index is 0.0680. The lowest BCUT2D eigenvalue weighted by Gasteiger charge is -2.20. The van der Waals surface area contributed by atoms with Crippen molar-refractivity contribution in [2.45, 2.75) is 19.3 Å². The zero-order valence-corrected chi connectivity index (χ0v) is 13.5. The summed E-state index contributed by atoms with van der Waals surface area (Å²) < 4.78 is 5.42. The normalized spacial score (nSPS) is 15.4. The van der Waals surface area contributed by atoms with Crippen LogP contribution >= 0.6 is 24.0 Å². The van der Waals surface area contributed by atoms with Gasteiger partial charge in [-0.25, -0.2) is 0 Å². The van der Waals surface area contributed by atoms with Gasteiger partial charge in [-0.1, -0.05) is 18.3 Å². The van der Waals surface area contributed by atoms with E-state index in [4.69, 9.17) is 22.7 Å². The second-order valence-corrected chi connectivity index (χ2v) is 6.84. The second kappa shape index (κ2) is 8.24. The first-order valence-electron chi connectivity index (χ1n) is 7.02. The van der Waals surface area contributed by atoms with Crippen LogP contribution in [-0.2, 0) is 4.79 Å². The van der Waals surface area contributed by atoms with Gasteiger partial charge >= 0.3 is 0 Å². The molecular weight excluding hydrogens is 304 g/mol. The SMILES string of the molecule is NC(=S)COc1cccc(NC(=O)CC2CCSCC2)c1. The molecule has 1 aromatic carbocycles. The van der Waals surface area contributed by atoms with Gasteiger partial charge in [-0.2, -0.15) is 11.8 Å². The maximum Gasteiger partial charge on any atom is 0.224 e. The minimum Gasteiger partial charge on any atom is -0.486 e. The highest BCUT2D eigenvalue weighted by atomic mass is 32.2. The third kappa shape index (κ3) is 5.93. The van der Waals surface area contributed by atoms with Gasteiger partial charge in [-0.05, 0) is 42.4 Å². The van der Waals surface area contributed by atoms with Gasteiger partial charge in [-0.3, -0.25) is 4.79 Å². The van der Waals surface area contributed by atoms with Crippen LogP contribution in [0.15, 0.2) is 24.3 Å². The van der Waals surface area contributed by atoms with Crippen molar-refractivity contribution in [2.75, 3.05) is 23.4 Å². The van der Waals surface area contributed by atoms with Crippen LogP contribution in [0.1, 0.15) is 19.3 Å². The molecule has 1 saturated heterocycles. The van der Waals surface area contributed by atoms with Gasteiger partial charge in [0, 0.05) is 18.2 Å². The lowest BCUT2D eigenvalue weighted by Crippen LogP contribution is -2.20. The molecule has 1 aliphatic heterocycles. The van der Waals surface area contributed by atoms with Crippen molar-refractivity contribution in [3.8, 4) is 5.75 Å². The van der Waals surface area contributed by atoms with E-state index >= 15 is 0 Å². The number of thiocarbonyl (C=S) groups is 1. The highest BCUT2D eigenvalue weighted by Gasteiger charge is 2.17. The predicted octanol–water partition coefficient (Wildman–Crippen LogP) is 2.82. The zero-order chi connectivity index (χ0) is 15.1. The van der Waals surface area contributed by atoms with Crippen LogP contribution in [0.4, 0.5) is 5.69 Å². The molecule has 1 heterocycles. The zero-order valence-electron chi connectivity index (χ0n) is 11.8. The van der Waals surface area contributed by atoms with Crippen molar-refractivity contribution < 1.29 is 9.53 Å². The van der Waals surface area contributed by atoms with Gasteiger partial charge in [0.25, 0.3) is 0 Å². The number of nitrogens with two attached hydrogens (primary N) is 1. The quantitative estimate of drug-likeness (QED) is 0.788. The van der Waals surface area contributed by atoms with E-state index in [0.717, 1.165) is 18.5 Å². The number of thioether (sulfide) groups is 1. The average molecular weight is 324 g/mol. The van der Waals surface area contributed by atoms with E-state index in [2.05, 4.69) is 5.32 Å². The third-order valence-corrected chi connectivity index (χ3v) is 4.48. The number of rotatable bonds is 6. The van der Waals surface area contributed by atoms with Gasteiger partial charge in [0.1, 0.15) is 17.3 Å². The fraction of sp³-hybridized carbons (Fsp3) is 0.467. The van der Waals surface area contributed by atoms with E-state index < -0.39 is 0 Å². The standard InChI is InChI=1S/C15H20N2O2S2/c16-14(20)10-19-13-3-1-2-12(9-13)17-15(18)8-11-4-6-21-7-5-11/h1-3,9,11H,4-8,10H2,(H2,16,20)(H,17,18). The van der Waals surface area contributed by atoms with Gasteiger partial charge in [0.15, 0.2) is 0 Å². The first kappa shape index (κ1) is 16.1. The number of amides is 1. The number of anilines is 1. The maximum absolute atomic E-state index is 12.1. The number of carbonyl (C=O) groups is 1. The van der Waals surface area contributed by atoms with Crippen molar-refractivity contribution in [1.82, 2.24) is 0 Å². The van der Waals surface area contributed by atoms with Crippen LogP contribution in [-0.4, -0.2) is 29.0 Å². The molecule has 0 aliphatic carbocycles. The molecule has 0 saturated carbocycles. The maximum atomic E-state index is 12.1. The largest absolute Gasteiger partial charge is 0.486 e. The predicted molar refractivity (Wildman–Crippen MR) is 92.0 cm³/mol. The Labute approximate surface area is 134 Å². The number of nitrogens with one attached hydrogen (secondary N) is 1. The third-order valence-electron chi connectivity index (χ3n) is 3.31. The lowest BCUT2D eigenvalue weighted by molar-refractivity contribution is -0.117. The van der Waals surface area contributed by atoms with Crippen LogP contribution in [0, 0.1) is 5.92 Å². The lowest BCUT2D eigenvalue weighted by atomic mass is 9.98. The Bertz CT molecular complexity index is 502. The summed E-state index contributed by atoms with van der Waals surface area (Å²) in [4.78, 5) is 12.4. The van der Waals surface area contributed by atoms with Gasteiger partial charge in [0.05, 0.1) is 0 Å². The van der Waals surface area contributed by atoms with Crippen molar-refractivity contribution in [3.63, 3.8) is 0 Å². The summed E-state index contributed by atoms with van der Waals surface area (Å²) in [6, 6.07) is 7.28. The summed E-state index contributed by atoms with van der Waals surface area (Å²) in [6.07, 6.45) is 2.86.